The zero-order valence-electron chi connectivity index (χ0n) is 15.2. The number of likely N-dealkylation sites (tertiary alicyclic amines) is 1. The minimum absolute atomic E-state index is 0.127. The Balaban J connectivity index is 1.93. The highest BCUT2D eigenvalue weighted by atomic mass is 16.5. The Bertz CT molecular complexity index is 559. The molecule has 5 nitrogen and oxygen atoms in total. The number of aliphatic hydroxyl groups excluding tert-OH is 1. The minimum Gasteiger partial charge on any atom is -0.497 e. The van der Waals surface area contributed by atoms with Gasteiger partial charge < -0.3 is 15.2 Å². The van der Waals surface area contributed by atoms with E-state index in [4.69, 9.17) is 4.74 Å². The first kappa shape index (κ1) is 18.7. The summed E-state index contributed by atoms with van der Waals surface area (Å²) in [4.78, 5) is 14.7. The molecular formula is C19H30N2O3. The largest absolute Gasteiger partial charge is 0.497 e. The van der Waals surface area contributed by atoms with Crippen LogP contribution in [-0.2, 0) is 4.79 Å². The summed E-state index contributed by atoms with van der Waals surface area (Å²) >= 11 is 0. The van der Waals surface area contributed by atoms with Crippen LogP contribution in [0.3, 0.4) is 0 Å². The van der Waals surface area contributed by atoms with Gasteiger partial charge in [0.15, 0.2) is 6.10 Å². The molecule has 1 aliphatic heterocycles. The first-order chi connectivity index (χ1) is 11.3. The zero-order valence-corrected chi connectivity index (χ0v) is 15.2. The number of aliphatic hydroxyl groups is 1. The Morgan fingerprint density at radius 3 is 2.92 bits per heavy atom. The average molecular weight is 334 g/mol. The molecule has 2 N–H and O–H groups in total. The summed E-state index contributed by atoms with van der Waals surface area (Å²) in [7, 11) is 1.56. The second-order valence-electron chi connectivity index (χ2n) is 7.40. The van der Waals surface area contributed by atoms with Crippen LogP contribution < -0.4 is 10.1 Å². The monoisotopic (exact) mass is 334 g/mol. The third kappa shape index (κ3) is 4.71. The molecule has 1 saturated heterocycles. The van der Waals surface area contributed by atoms with E-state index in [1.54, 1.807) is 31.4 Å². The number of carbonyl (C=O) groups is 1. The van der Waals surface area contributed by atoms with Gasteiger partial charge in [-0.1, -0.05) is 19.1 Å². The Morgan fingerprint density at radius 1 is 1.50 bits per heavy atom. The number of hydrogen-bond donors (Lipinski definition) is 2. The number of benzene rings is 1. The number of methoxy groups -OCH3 is 1. The second-order valence-corrected chi connectivity index (χ2v) is 7.40. The molecule has 1 aliphatic rings. The smallest absolute Gasteiger partial charge is 0.253 e. The van der Waals surface area contributed by atoms with Crippen LogP contribution in [-0.4, -0.2) is 48.2 Å². The summed E-state index contributed by atoms with van der Waals surface area (Å²) in [5, 5.41) is 13.2. The molecule has 0 aliphatic carbocycles. The van der Waals surface area contributed by atoms with Gasteiger partial charge in [-0.05, 0) is 56.8 Å². The SMILES string of the molecule is COc1cccc(C(O)C(=O)NCC(C)(C)N2CCCC(C)C2)c1. The van der Waals surface area contributed by atoms with Gasteiger partial charge in [-0.3, -0.25) is 9.69 Å². The molecule has 1 heterocycles. The van der Waals surface area contributed by atoms with Crippen LogP contribution in [0.2, 0.25) is 0 Å². The first-order valence-electron chi connectivity index (χ1n) is 8.68. The fraction of sp³-hybridized carbons (Fsp3) is 0.632. The van der Waals surface area contributed by atoms with Crippen molar-refractivity contribution in [2.75, 3.05) is 26.7 Å². The van der Waals surface area contributed by atoms with Crippen molar-refractivity contribution in [1.82, 2.24) is 10.2 Å². The highest BCUT2D eigenvalue weighted by Crippen LogP contribution is 2.24. The van der Waals surface area contributed by atoms with E-state index in [1.165, 1.54) is 12.8 Å². The van der Waals surface area contributed by atoms with E-state index in [1.807, 2.05) is 0 Å². The molecule has 2 rings (SSSR count). The first-order valence-corrected chi connectivity index (χ1v) is 8.68. The van der Waals surface area contributed by atoms with E-state index >= 15 is 0 Å². The molecule has 0 radical (unpaired) electrons. The van der Waals surface area contributed by atoms with Gasteiger partial charge in [0.25, 0.3) is 5.91 Å². The van der Waals surface area contributed by atoms with Crippen LogP contribution in [0.4, 0.5) is 0 Å². The normalized spacial score (nSPS) is 20.5. The van der Waals surface area contributed by atoms with Crippen molar-refractivity contribution in [3.63, 3.8) is 0 Å². The highest BCUT2D eigenvalue weighted by Gasteiger charge is 2.31. The lowest BCUT2D eigenvalue weighted by atomic mass is 9.93. The van der Waals surface area contributed by atoms with Gasteiger partial charge >= 0.3 is 0 Å². The van der Waals surface area contributed by atoms with E-state index in [0.717, 1.165) is 13.1 Å². The van der Waals surface area contributed by atoms with Crippen molar-refractivity contribution < 1.29 is 14.6 Å². The summed E-state index contributed by atoms with van der Waals surface area (Å²) < 4.78 is 5.14. The van der Waals surface area contributed by atoms with Crippen LogP contribution in [0.1, 0.15) is 45.3 Å². The maximum Gasteiger partial charge on any atom is 0.253 e. The third-order valence-electron chi connectivity index (χ3n) is 4.87. The summed E-state index contributed by atoms with van der Waals surface area (Å²) in [6, 6.07) is 6.96. The molecule has 0 aromatic heterocycles. The number of amides is 1. The predicted molar refractivity (Wildman–Crippen MR) is 95.0 cm³/mol. The molecule has 0 saturated carbocycles. The van der Waals surface area contributed by atoms with E-state index in [9.17, 15) is 9.90 Å². The minimum atomic E-state index is -1.18. The number of carbonyl (C=O) groups excluding carboxylic acids is 1. The molecule has 2 atom stereocenters. The van der Waals surface area contributed by atoms with Crippen molar-refractivity contribution in [2.45, 2.75) is 45.3 Å². The zero-order chi connectivity index (χ0) is 17.7. The van der Waals surface area contributed by atoms with E-state index in [-0.39, 0.29) is 11.4 Å². The van der Waals surface area contributed by atoms with Gasteiger partial charge in [0.1, 0.15) is 5.75 Å². The molecule has 1 amide bonds. The quantitative estimate of drug-likeness (QED) is 0.838. The maximum atomic E-state index is 12.3. The van der Waals surface area contributed by atoms with Crippen LogP contribution in [0.25, 0.3) is 0 Å². The van der Waals surface area contributed by atoms with Crippen LogP contribution in [0.5, 0.6) is 5.75 Å². The van der Waals surface area contributed by atoms with Gasteiger partial charge in [-0.2, -0.15) is 0 Å². The van der Waals surface area contributed by atoms with Gasteiger partial charge in [0.2, 0.25) is 0 Å². The number of piperidine rings is 1. The van der Waals surface area contributed by atoms with Crippen molar-refractivity contribution >= 4 is 5.91 Å². The second kappa shape index (κ2) is 7.99. The molecule has 0 bridgehead atoms. The third-order valence-corrected chi connectivity index (χ3v) is 4.87. The van der Waals surface area contributed by atoms with Crippen LogP contribution in [0.15, 0.2) is 24.3 Å². The van der Waals surface area contributed by atoms with Gasteiger partial charge in [-0.15, -0.1) is 0 Å². The highest BCUT2D eigenvalue weighted by molar-refractivity contribution is 5.82. The fourth-order valence-electron chi connectivity index (χ4n) is 3.21. The molecule has 24 heavy (non-hydrogen) atoms. The van der Waals surface area contributed by atoms with Crippen LogP contribution in [0, 0.1) is 5.92 Å². The number of nitrogens with one attached hydrogen (secondary N) is 1. The number of ether oxygens (including phenoxy) is 1. The Hall–Kier alpha value is -1.59. The molecule has 5 heteroatoms. The molecule has 1 fully saturated rings. The lowest BCUT2D eigenvalue weighted by Gasteiger charge is -2.43. The number of rotatable bonds is 6. The number of nitrogens with zero attached hydrogens (tertiary/aromatic N) is 1. The van der Waals surface area contributed by atoms with Crippen molar-refractivity contribution in [3.05, 3.63) is 29.8 Å². The molecule has 1 aromatic rings. The van der Waals surface area contributed by atoms with Gasteiger partial charge in [0, 0.05) is 18.6 Å². The van der Waals surface area contributed by atoms with Gasteiger partial charge in [-0.25, -0.2) is 0 Å². The lowest BCUT2D eigenvalue weighted by Crippen LogP contribution is -2.55. The van der Waals surface area contributed by atoms with E-state index in [0.29, 0.717) is 23.8 Å². The molecular weight excluding hydrogens is 304 g/mol. The molecule has 2 unspecified atom stereocenters. The standard InChI is InChI=1S/C19H30N2O3/c1-14-7-6-10-21(12-14)19(2,3)13-20-18(23)17(22)15-8-5-9-16(11-15)24-4/h5,8-9,11,14,17,22H,6-7,10,12-13H2,1-4H3,(H,20,23). The Morgan fingerprint density at radius 2 is 2.25 bits per heavy atom. The Kier molecular flexibility index (Phi) is 6.24. The van der Waals surface area contributed by atoms with Crippen molar-refractivity contribution in [2.24, 2.45) is 5.92 Å². The molecule has 0 spiro atoms. The summed E-state index contributed by atoms with van der Waals surface area (Å²) in [5.41, 5.74) is 0.412. The van der Waals surface area contributed by atoms with Crippen molar-refractivity contribution in [3.8, 4) is 5.75 Å². The lowest BCUT2D eigenvalue weighted by molar-refractivity contribution is -0.130. The summed E-state index contributed by atoms with van der Waals surface area (Å²) in [6.07, 6.45) is 1.29. The Labute approximate surface area is 145 Å². The van der Waals surface area contributed by atoms with Crippen LogP contribution >= 0.6 is 0 Å². The number of hydrogen-bond acceptors (Lipinski definition) is 4. The average Bonchev–Trinajstić information content (AvgIpc) is 2.59. The van der Waals surface area contributed by atoms with E-state index in [2.05, 4.69) is 31.0 Å². The topological polar surface area (TPSA) is 61.8 Å². The maximum absolute atomic E-state index is 12.3. The molecule has 1 aromatic carbocycles. The molecule has 134 valence electrons. The summed E-state index contributed by atoms with van der Waals surface area (Å²) in [6.45, 7) is 9.19. The van der Waals surface area contributed by atoms with Gasteiger partial charge in [0.05, 0.1) is 7.11 Å². The fourth-order valence-corrected chi connectivity index (χ4v) is 3.21. The predicted octanol–water partition coefficient (Wildman–Crippen LogP) is 2.36. The summed E-state index contributed by atoms with van der Waals surface area (Å²) in [5.74, 6) is 0.944. The van der Waals surface area contributed by atoms with Crippen molar-refractivity contribution in [1.29, 1.82) is 0 Å². The van der Waals surface area contributed by atoms with E-state index < -0.39 is 6.10 Å².